The second kappa shape index (κ2) is 7.94. The van der Waals surface area contributed by atoms with E-state index in [1.54, 1.807) is 30.3 Å². The molecule has 0 amide bonds. The Morgan fingerprint density at radius 3 is 2.26 bits per heavy atom. The number of benzene rings is 2. The van der Waals surface area contributed by atoms with Gasteiger partial charge in [-0.25, -0.2) is 4.79 Å². The molecule has 0 radical (unpaired) electrons. The maximum absolute atomic E-state index is 12.1. The number of carbonyl (C=O) groups is 2. The minimum absolute atomic E-state index is 0.0925. The Kier molecular flexibility index (Phi) is 5.69. The van der Waals surface area contributed by atoms with E-state index in [2.05, 4.69) is 4.74 Å². The van der Waals surface area contributed by atoms with Crippen LogP contribution in [-0.2, 0) is 9.53 Å². The largest absolute Gasteiger partial charge is 0.482 e. The molecular formula is C19H18O4. The van der Waals surface area contributed by atoms with Gasteiger partial charge in [-0.2, -0.15) is 0 Å². The van der Waals surface area contributed by atoms with E-state index in [4.69, 9.17) is 4.74 Å². The third kappa shape index (κ3) is 5.11. The summed E-state index contributed by atoms with van der Waals surface area (Å²) in [6, 6.07) is 14.5. The van der Waals surface area contributed by atoms with Gasteiger partial charge in [-0.3, -0.25) is 4.79 Å². The second-order valence-corrected chi connectivity index (χ2v) is 5.00. The van der Waals surface area contributed by atoms with Gasteiger partial charge < -0.3 is 9.47 Å². The summed E-state index contributed by atoms with van der Waals surface area (Å²) >= 11 is 0. The zero-order valence-electron chi connectivity index (χ0n) is 13.1. The molecule has 0 aromatic heterocycles. The van der Waals surface area contributed by atoms with Crippen LogP contribution in [0, 0.1) is 6.92 Å². The number of ether oxygens (including phenoxy) is 2. The van der Waals surface area contributed by atoms with Crippen molar-refractivity contribution >= 4 is 17.8 Å². The lowest BCUT2D eigenvalue weighted by Gasteiger charge is -2.05. The van der Waals surface area contributed by atoms with Crippen LogP contribution >= 0.6 is 0 Å². The maximum atomic E-state index is 12.1. The van der Waals surface area contributed by atoms with Crippen molar-refractivity contribution in [3.63, 3.8) is 0 Å². The predicted molar refractivity (Wildman–Crippen MR) is 88.5 cm³/mol. The van der Waals surface area contributed by atoms with Crippen LogP contribution in [0.4, 0.5) is 0 Å². The van der Waals surface area contributed by atoms with Gasteiger partial charge in [0.25, 0.3) is 0 Å². The number of aryl methyl sites for hydroxylation is 1. The first-order chi connectivity index (χ1) is 11.1. The number of hydrogen-bond acceptors (Lipinski definition) is 4. The molecule has 118 valence electrons. The standard InChI is InChI=1S/C19H18O4/c1-14-3-5-15(6-4-14)7-12-18(20)16-8-10-17(11-9-16)23-13-19(21)22-2/h3-12H,13H2,1-2H3. The lowest BCUT2D eigenvalue weighted by Crippen LogP contribution is -2.12. The third-order valence-electron chi connectivity index (χ3n) is 3.23. The first kappa shape index (κ1) is 16.5. The molecule has 4 nitrogen and oxygen atoms in total. The quantitative estimate of drug-likeness (QED) is 0.466. The van der Waals surface area contributed by atoms with Crippen molar-refractivity contribution in [2.45, 2.75) is 6.92 Å². The number of allylic oxidation sites excluding steroid dienone is 1. The summed E-state index contributed by atoms with van der Waals surface area (Å²) < 4.78 is 9.72. The molecule has 0 bridgehead atoms. The molecule has 0 saturated carbocycles. The maximum Gasteiger partial charge on any atom is 0.343 e. The first-order valence-corrected chi connectivity index (χ1v) is 7.17. The minimum Gasteiger partial charge on any atom is -0.482 e. The highest BCUT2D eigenvalue weighted by atomic mass is 16.6. The van der Waals surface area contributed by atoms with Gasteiger partial charge in [-0.15, -0.1) is 0 Å². The van der Waals surface area contributed by atoms with Crippen LogP contribution in [0.1, 0.15) is 21.5 Å². The van der Waals surface area contributed by atoms with Crippen molar-refractivity contribution in [3.05, 3.63) is 71.3 Å². The SMILES string of the molecule is COC(=O)COc1ccc(C(=O)C=Cc2ccc(C)cc2)cc1. The van der Waals surface area contributed by atoms with Crippen molar-refractivity contribution in [1.29, 1.82) is 0 Å². The van der Waals surface area contributed by atoms with Gasteiger partial charge in [0.05, 0.1) is 7.11 Å². The fourth-order valence-electron chi connectivity index (χ4n) is 1.86. The van der Waals surface area contributed by atoms with Crippen molar-refractivity contribution in [2.75, 3.05) is 13.7 Å². The van der Waals surface area contributed by atoms with Gasteiger partial charge in [0.1, 0.15) is 5.75 Å². The molecule has 0 aliphatic heterocycles. The highest BCUT2D eigenvalue weighted by Gasteiger charge is 2.04. The van der Waals surface area contributed by atoms with E-state index in [9.17, 15) is 9.59 Å². The molecule has 4 heteroatoms. The van der Waals surface area contributed by atoms with Crippen LogP contribution < -0.4 is 4.74 Å². The van der Waals surface area contributed by atoms with Crippen molar-refractivity contribution in [3.8, 4) is 5.75 Å². The Morgan fingerprint density at radius 2 is 1.65 bits per heavy atom. The lowest BCUT2D eigenvalue weighted by molar-refractivity contribution is -0.142. The highest BCUT2D eigenvalue weighted by Crippen LogP contribution is 2.14. The molecule has 2 aromatic carbocycles. The van der Waals surface area contributed by atoms with Crippen LogP contribution in [0.25, 0.3) is 6.08 Å². The number of hydrogen-bond donors (Lipinski definition) is 0. The third-order valence-corrected chi connectivity index (χ3v) is 3.23. The van der Waals surface area contributed by atoms with Gasteiger partial charge >= 0.3 is 5.97 Å². The lowest BCUT2D eigenvalue weighted by atomic mass is 10.1. The van der Waals surface area contributed by atoms with Crippen molar-refractivity contribution < 1.29 is 19.1 Å². The molecule has 0 aliphatic rings. The average Bonchev–Trinajstić information content (AvgIpc) is 2.59. The van der Waals surface area contributed by atoms with Gasteiger partial charge in [0.2, 0.25) is 0 Å². The second-order valence-electron chi connectivity index (χ2n) is 5.00. The summed E-state index contributed by atoms with van der Waals surface area (Å²) in [5.41, 5.74) is 2.71. The van der Waals surface area contributed by atoms with E-state index in [1.807, 2.05) is 31.2 Å². The van der Waals surface area contributed by atoms with E-state index < -0.39 is 5.97 Å². The van der Waals surface area contributed by atoms with Crippen LogP contribution in [-0.4, -0.2) is 25.5 Å². The number of methoxy groups -OCH3 is 1. The van der Waals surface area contributed by atoms with Gasteiger partial charge in [-0.05, 0) is 42.8 Å². The van der Waals surface area contributed by atoms with Gasteiger partial charge in [-0.1, -0.05) is 35.9 Å². The zero-order chi connectivity index (χ0) is 16.7. The Hall–Kier alpha value is -2.88. The topological polar surface area (TPSA) is 52.6 Å². The van der Waals surface area contributed by atoms with Gasteiger partial charge in [0.15, 0.2) is 12.4 Å². The monoisotopic (exact) mass is 310 g/mol. The van der Waals surface area contributed by atoms with E-state index >= 15 is 0 Å². The zero-order valence-corrected chi connectivity index (χ0v) is 13.1. The molecule has 0 aliphatic carbocycles. The molecular weight excluding hydrogens is 292 g/mol. The Labute approximate surface area is 135 Å². The number of rotatable bonds is 6. The van der Waals surface area contributed by atoms with Crippen LogP contribution in [0.5, 0.6) is 5.75 Å². The van der Waals surface area contributed by atoms with Crippen LogP contribution in [0.2, 0.25) is 0 Å². The molecule has 2 rings (SSSR count). The Bertz CT molecular complexity index is 697. The van der Waals surface area contributed by atoms with E-state index in [0.717, 1.165) is 5.56 Å². The summed E-state index contributed by atoms with van der Waals surface area (Å²) in [4.78, 5) is 23.1. The normalized spacial score (nSPS) is 10.5. The Morgan fingerprint density at radius 1 is 1.00 bits per heavy atom. The molecule has 0 saturated heterocycles. The van der Waals surface area contributed by atoms with Crippen molar-refractivity contribution in [2.24, 2.45) is 0 Å². The molecule has 0 fully saturated rings. The van der Waals surface area contributed by atoms with Crippen molar-refractivity contribution in [1.82, 2.24) is 0 Å². The molecule has 0 atom stereocenters. The molecule has 23 heavy (non-hydrogen) atoms. The van der Waals surface area contributed by atoms with E-state index in [1.165, 1.54) is 18.7 Å². The predicted octanol–water partition coefficient (Wildman–Crippen LogP) is 3.44. The fourth-order valence-corrected chi connectivity index (χ4v) is 1.86. The van der Waals surface area contributed by atoms with Crippen LogP contribution in [0.3, 0.4) is 0 Å². The summed E-state index contributed by atoms with van der Waals surface area (Å²) in [5.74, 6) is -0.0364. The summed E-state index contributed by atoms with van der Waals surface area (Å²) in [6.45, 7) is 1.86. The average molecular weight is 310 g/mol. The summed E-state index contributed by atoms with van der Waals surface area (Å²) in [5, 5.41) is 0. The number of ketones is 1. The van der Waals surface area contributed by atoms with E-state index in [-0.39, 0.29) is 12.4 Å². The first-order valence-electron chi connectivity index (χ1n) is 7.17. The molecule has 0 N–H and O–H groups in total. The highest BCUT2D eigenvalue weighted by molar-refractivity contribution is 6.06. The smallest absolute Gasteiger partial charge is 0.343 e. The molecule has 0 heterocycles. The molecule has 2 aromatic rings. The van der Waals surface area contributed by atoms with Gasteiger partial charge in [0, 0.05) is 5.56 Å². The van der Waals surface area contributed by atoms with E-state index in [0.29, 0.717) is 11.3 Å². The van der Waals surface area contributed by atoms with Crippen LogP contribution in [0.15, 0.2) is 54.6 Å². The minimum atomic E-state index is -0.453. The Balaban J connectivity index is 1.97. The summed E-state index contributed by atoms with van der Waals surface area (Å²) in [7, 11) is 1.30. The number of carbonyl (C=O) groups excluding carboxylic acids is 2. The summed E-state index contributed by atoms with van der Waals surface area (Å²) in [6.07, 6.45) is 3.32. The fraction of sp³-hybridized carbons (Fsp3) is 0.158. The molecule has 0 unspecified atom stereocenters. The number of esters is 1. The molecule has 0 spiro atoms.